The molecular formula is C88H164FeMnO8. The van der Waals surface area contributed by atoms with Gasteiger partial charge in [0, 0.05) is 23.9 Å². The van der Waals surface area contributed by atoms with Gasteiger partial charge in [0.2, 0.25) is 0 Å². The summed E-state index contributed by atoms with van der Waals surface area (Å²) in [5, 5.41) is 41.1. The first kappa shape index (κ1) is 107. The molecule has 0 aromatic rings. The monoisotopic (exact) mass is 1460 g/mol. The van der Waals surface area contributed by atoms with Gasteiger partial charge in [0.25, 0.3) is 0 Å². The van der Waals surface area contributed by atoms with E-state index in [2.05, 4.69) is 76.3 Å². The van der Waals surface area contributed by atoms with Gasteiger partial charge in [-0.1, -0.05) is 385 Å². The van der Waals surface area contributed by atoms with E-state index in [1.54, 1.807) is 0 Å². The van der Waals surface area contributed by atoms with Gasteiger partial charge in [-0.3, -0.25) is 0 Å². The molecule has 0 rings (SSSR count). The number of carbonyl (C=O) groups is 4. The van der Waals surface area contributed by atoms with Crippen LogP contribution in [0.15, 0.2) is 48.6 Å². The molecule has 0 spiro atoms. The van der Waals surface area contributed by atoms with Crippen LogP contribution < -0.4 is 20.4 Å². The molecule has 10 heteroatoms. The zero-order valence-corrected chi connectivity index (χ0v) is 67.8. The van der Waals surface area contributed by atoms with Crippen molar-refractivity contribution in [3.8, 4) is 0 Å². The Hall–Kier alpha value is -2.12. The number of carbonyl (C=O) groups excluding carboxylic acids is 4. The van der Waals surface area contributed by atoms with Crippen LogP contribution in [-0.4, -0.2) is 23.9 Å². The molecule has 0 atom stereocenters. The average Bonchev–Trinajstić information content (AvgIpc) is 3.58. The molecule has 0 fully saturated rings. The van der Waals surface area contributed by atoms with Crippen molar-refractivity contribution in [1.29, 1.82) is 0 Å². The van der Waals surface area contributed by atoms with Crippen molar-refractivity contribution >= 4 is 23.9 Å². The van der Waals surface area contributed by atoms with Crippen molar-refractivity contribution in [2.75, 3.05) is 0 Å². The minimum Gasteiger partial charge on any atom is -0.550 e. The molecule has 0 saturated heterocycles. The third-order valence-electron chi connectivity index (χ3n) is 18.6. The minimum atomic E-state index is -0.906. The van der Waals surface area contributed by atoms with Crippen molar-refractivity contribution < 1.29 is 73.7 Å². The van der Waals surface area contributed by atoms with Crippen LogP contribution in [0.5, 0.6) is 0 Å². The Morgan fingerprint density at radius 3 is 0.367 bits per heavy atom. The predicted octanol–water partition coefficient (Wildman–Crippen LogP) is 25.3. The van der Waals surface area contributed by atoms with Crippen LogP contribution in [0.1, 0.15) is 490 Å². The van der Waals surface area contributed by atoms with E-state index < -0.39 is 23.9 Å². The summed E-state index contributed by atoms with van der Waals surface area (Å²) in [6, 6.07) is 0. The molecule has 0 aromatic carbocycles. The van der Waals surface area contributed by atoms with Gasteiger partial charge in [0.05, 0.1) is 0 Å². The molecule has 0 aliphatic heterocycles. The molecule has 0 saturated carbocycles. The number of carboxylic acids is 4. The summed E-state index contributed by atoms with van der Waals surface area (Å²) < 4.78 is 0. The molecule has 8 nitrogen and oxygen atoms in total. The molecule has 0 bridgehead atoms. The third-order valence-corrected chi connectivity index (χ3v) is 18.6. The van der Waals surface area contributed by atoms with Crippen molar-refractivity contribution in [3.05, 3.63) is 48.6 Å². The Bertz CT molecular complexity index is 1380. The maximum absolute atomic E-state index is 10.3. The topological polar surface area (TPSA) is 161 Å². The van der Waals surface area contributed by atoms with E-state index in [9.17, 15) is 39.6 Å². The van der Waals surface area contributed by atoms with Gasteiger partial charge in [0.15, 0.2) is 0 Å². The largest absolute Gasteiger partial charge is 2.00 e. The van der Waals surface area contributed by atoms with Crippen molar-refractivity contribution in [1.82, 2.24) is 0 Å². The van der Waals surface area contributed by atoms with Gasteiger partial charge in [-0.25, -0.2) is 0 Å². The van der Waals surface area contributed by atoms with Gasteiger partial charge in [-0.2, -0.15) is 0 Å². The molecule has 98 heavy (non-hydrogen) atoms. The Morgan fingerprint density at radius 2 is 0.265 bits per heavy atom. The molecule has 1 radical (unpaired) electrons. The molecule has 0 unspecified atom stereocenters. The molecule has 0 amide bonds. The maximum Gasteiger partial charge on any atom is 2.00 e. The first-order valence-corrected chi connectivity index (χ1v) is 42.5. The smallest absolute Gasteiger partial charge is 0.550 e. The van der Waals surface area contributed by atoms with Crippen LogP contribution in [-0.2, 0) is 53.3 Å². The number of aliphatic carboxylic acids is 4. The minimum absolute atomic E-state index is 0. The van der Waals surface area contributed by atoms with Gasteiger partial charge in [0.1, 0.15) is 0 Å². The SMILES string of the molecule is CCCCCCCC/C=C\CCCCCCCCCCCC(=O)[O-].CCCCCCCC/C=C\CCCCCCCCCCCC(=O)[O-].CCCCCCCC/C=C\CCCCCCCCCCCC(=O)[O-].CCCCCCCC/C=C\CCCCCCCCCCCC(=O)[O-].[Fe+2].[Mn+2]. The number of unbranched alkanes of at least 4 members (excludes halogenated alkanes) is 60. The molecular weight excluding hydrogens is 1300 g/mol. The second kappa shape index (κ2) is 104. The van der Waals surface area contributed by atoms with E-state index in [1.807, 2.05) is 0 Å². The van der Waals surface area contributed by atoms with Gasteiger partial charge >= 0.3 is 34.1 Å². The summed E-state index contributed by atoms with van der Waals surface area (Å²) in [4.78, 5) is 41.1. The fourth-order valence-corrected chi connectivity index (χ4v) is 12.2. The number of allylic oxidation sites excluding steroid dienone is 8. The van der Waals surface area contributed by atoms with Gasteiger partial charge in [-0.15, -0.1) is 0 Å². The fourth-order valence-electron chi connectivity index (χ4n) is 12.2. The van der Waals surface area contributed by atoms with Gasteiger partial charge < -0.3 is 39.6 Å². The molecule has 0 aromatic heterocycles. The second-order valence-corrected chi connectivity index (χ2v) is 28.5. The van der Waals surface area contributed by atoms with Crippen molar-refractivity contribution in [2.45, 2.75) is 490 Å². The van der Waals surface area contributed by atoms with Crippen LogP contribution in [0, 0.1) is 0 Å². The van der Waals surface area contributed by atoms with Crippen LogP contribution >= 0.6 is 0 Å². The number of hydrogen-bond acceptors (Lipinski definition) is 8. The predicted molar refractivity (Wildman–Crippen MR) is 412 cm³/mol. The maximum atomic E-state index is 10.3. The van der Waals surface area contributed by atoms with E-state index >= 15 is 0 Å². The van der Waals surface area contributed by atoms with Crippen molar-refractivity contribution in [3.63, 3.8) is 0 Å². The van der Waals surface area contributed by atoms with Crippen LogP contribution in [0.3, 0.4) is 0 Å². The second-order valence-electron chi connectivity index (χ2n) is 28.5. The van der Waals surface area contributed by atoms with E-state index in [0.29, 0.717) is 0 Å². The summed E-state index contributed by atoms with van der Waals surface area (Å²) in [5.41, 5.74) is 0. The van der Waals surface area contributed by atoms with Crippen molar-refractivity contribution in [2.24, 2.45) is 0 Å². The standard InChI is InChI=1S/4C22H42O2.Fe.Mn/c4*1-2-3-4-5-6-7-8-9-10-11-12-13-14-15-16-17-18-19-20-21-22(23)24;;/h4*9-10H,2-8,11-21H2,1H3,(H,23,24);;/q;;;;2*+2/p-4/b4*10-9-;;. The first-order chi connectivity index (χ1) is 47.1. The van der Waals surface area contributed by atoms with E-state index in [4.69, 9.17) is 0 Å². The normalized spacial score (nSPS) is 11.1. The summed E-state index contributed by atoms with van der Waals surface area (Å²) in [6.07, 6.45) is 107. The average molecular weight is 1460 g/mol. The number of hydrogen-bond donors (Lipinski definition) is 0. The van der Waals surface area contributed by atoms with Crippen LogP contribution in [0.2, 0.25) is 0 Å². The van der Waals surface area contributed by atoms with E-state index in [1.165, 1.54) is 385 Å². The third kappa shape index (κ3) is 121. The van der Waals surface area contributed by atoms with Gasteiger partial charge in [-0.05, 0) is 154 Å². The molecule has 0 heterocycles. The quantitative estimate of drug-likeness (QED) is 0.0330. The summed E-state index contributed by atoms with van der Waals surface area (Å²) in [7, 11) is 0. The molecule has 0 aliphatic carbocycles. The first-order valence-electron chi connectivity index (χ1n) is 42.5. The fraction of sp³-hybridized carbons (Fsp3) is 0.864. The van der Waals surface area contributed by atoms with E-state index in [-0.39, 0.29) is 59.8 Å². The number of carboxylic acid groups (broad SMARTS) is 4. The molecule has 0 aliphatic rings. The Kier molecular flexibility index (Phi) is 113. The zero-order valence-electron chi connectivity index (χ0n) is 65.5. The Balaban J connectivity index is -0.000000286. The summed E-state index contributed by atoms with van der Waals surface area (Å²) >= 11 is 0. The summed E-state index contributed by atoms with van der Waals surface area (Å²) in [6.45, 7) is 9.08. The van der Waals surface area contributed by atoms with E-state index in [0.717, 1.165) is 51.4 Å². The number of rotatable bonds is 76. The molecule has 0 N–H and O–H groups in total. The molecule has 579 valence electrons. The Labute approximate surface area is 632 Å². The Morgan fingerprint density at radius 1 is 0.173 bits per heavy atom. The summed E-state index contributed by atoms with van der Waals surface area (Å²) in [5.74, 6) is -3.63. The zero-order chi connectivity index (χ0) is 70.9. The van der Waals surface area contributed by atoms with Crippen LogP contribution in [0.25, 0.3) is 0 Å². The van der Waals surface area contributed by atoms with Crippen LogP contribution in [0.4, 0.5) is 0 Å².